The summed E-state index contributed by atoms with van der Waals surface area (Å²) in [6.45, 7) is 3.64. The number of para-hydroxylation sites is 1. The zero-order valence-electron chi connectivity index (χ0n) is 12.2. The first-order valence-corrected chi connectivity index (χ1v) is 7.49. The largest absolute Gasteiger partial charge is 0.434 e. The third kappa shape index (κ3) is 4.22. The van der Waals surface area contributed by atoms with Gasteiger partial charge in [-0.15, -0.1) is 11.3 Å². The Hall–Kier alpha value is -1.53. The average molecular weight is 312 g/mol. The monoisotopic (exact) mass is 312 g/mol. The maximum absolute atomic E-state index is 12.4. The van der Waals surface area contributed by atoms with Crippen molar-refractivity contribution < 1.29 is 13.5 Å². The zero-order valence-corrected chi connectivity index (χ0v) is 13.0. The average Bonchev–Trinajstić information content (AvgIpc) is 2.76. The minimum Gasteiger partial charge on any atom is -0.434 e. The first-order chi connectivity index (χ1) is 9.97. The van der Waals surface area contributed by atoms with Crippen LogP contribution in [0.1, 0.15) is 34.1 Å². The molecule has 1 heterocycles. The van der Waals surface area contributed by atoms with Crippen LogP contribution in [-0.2, 0) is 6.54 Å². The number of benzene rings is 1. The number of aromatic nitrogens is 1. The van der Waals surface area contributed by atoms with Gasteiger partial charge in [-0.2, -0.15) is 8.78 Å². The van der Waals surface area contributed by atoms with E-state index in [2.05, 4.69) is 15.0 Å². The number of thiazole rings is 1. The molecule has 0 saturated carbocycles. The minimum absolute atomic E-state index is 0.107. The summed E-state index contributed by atoms with van der Waals surface area (Å²) in [5, 5.41) is 4.35. The summed E-state index contributed by atoms with van der Waals surface area (Å²) in [7, 11) is 0. The minimum atomic E-state index is -2.81. The highest BCUT2D eigenvalue weighted by molar-refractivity contribution is 7.11. The number of nitrogens with one attached hydrogen (secondary N) is 1. The number of nitrogens with zero attached hydrogens (tertiary/aromatic N) is 1. The maximum Gasteiger partial charge on any atom is 0.387 e. The normalized spacial score (nSPS) is 12.7. The van der Waals surface area contributed by atoms with E-state index >= 15 is 0 Å². The number of hydrogen-bond acceptors (Lipinski definition) is 4. The van der Waals surface area contributed by atoms with E-state index in [1.54, 1.807) is 29.5 Å². The number of halogens is 2. The Balaban J connectivity index is 2.04. The van der Waals surface area contributed by atoms with Gasteiger partial charge in [-0.1, -0.05) is 18.2 Å². The predicted molar refractivity (Wildman–Crippen MR) is 79.9 cm³/mol. The molecule has 0 spiro atoms. The van der Waals surface area contributed by atoms with Crippen molar-refractivity contribution in [1.82, 2.24) is 10.3 Å². The molecule has 6 heteroatoms. The second-order valence-electron chi connectivity index (χ2n) is 4.77. The third-order valence-electron chi connectivity index (χ3n) is 3.12. The van der Waals surface area contributed by atoms with Crippen LogP contribution in [0.4, 0.5) is 8.78 Å². The van der Waals surface area contributed by atoms with Crippen LogP contribution in [0.25, 0.3) is 0 Å². The molecule has 1 N–H and O–H groups in total. The van der Waals surface area contributed by atoms with Crippen molar-refractivity contribution in [3.8, 4) is 5.75 Å². The number of ether oxygens (including phenoxy) is 1. The molecule has 21 heavy (non-hydrogen) atoms. The molecule has 2 aromatic rings. The van der Waals surface area contributed by atoms with E-state index < -0.39 is 6.61 Å². The molecule has 0 bridgehead atoms. The molecule has 114 valence electrons. The van der Waals surface area contributed by atoms with Gasteiger partial charge in [0.2, 0.25) is 0 Å². The van der Waals surface area contributed by atoms with Gasteiger partial charge in [0.25, 0.3) is 0 Å². The number of hydrogen-bond donors (Lipinski definition) is 1. The van der Waals surface area contributed by atoms with Gasteiger partial charge in [0.1, 0.15) is 5.75 Å². The van der Waals surface area contributed by atoms with Crippen LogP contribution in [0.3, 0.4) is 0 Å². The highest BCUT2D eigenvalue weighted by atomic mass is 32.1. The fraction of sp³-hybridized carbons (Fsp3) is 0.400. The summed E-state index contributed by atoms with van der Waals surface area (Å²) in [6.07, 6.45) is 0. The lowest BCUT2D eigenvalue weighted by Crippen LogP contribution is -2.18. The summed E-state index contributed by atoms with van der Waals surface area (Å²) in [4.78, 5) is 5.57. The molecule has 2 rings (SSSR count). The van der Waals surface area contributed by atoms with E-state index in [9.17, 15) is 8.78 Å². The van der Waals surface area contributed by atoms with Crippen molar-refractivity contribution in [1.29, 1.82) is 0 Å². The third-order valence-corrected chi connectivity index (χ3v) is 4.38. The van der Waals surface area contributed by atoms with Crippen LogP contribution in [0.15, 0.2) is 24.3 Å². The van der Waals surface area contributed by atoms with Crippen LogP contribution in [0, 0.1) is 13.8 Å². The predicted octanol–water partition coefficient (Wildman–Crippen LogP) is 4.21. The molecular weight excluding hydrogens is 294 g/mol. The van der Waals surface area contributed by atoms with Gasteiger partial charge < -0.3 is 10.1 Å². The zero-order chi connectivity index (χ0) is 15.4. The summed E-state index contributed by atoms with van der Waals surface area (Å²) in [5.41, 5.74) is 1.72. The van der Waals surface area contributed by atoms with Crippen LogP contribution in [-0.4, -0.2) is 11.6 Å². The SMILES string of the molecule is Cc1nc(C)c(C(C)NCc2ccccc2OC(F)F)s1. The maximum atomic E-state index is 12.4. The fourth-order valence-corrected chi connectivity index (χ4v) is 3.12. The lowest BCUT2D eigenvalue weighted by atomic mass is 10.1. The van der Waals surface area contributed by atoms with Crippen LogP contribution in [0.2, 0.25) is 0 Å². The first kappa shape index (κ1) is 15.9. The molecule has 3 nitrogen and oxygen atoms in total. The van der Waals surface area contributed by atoms with Gasteiger partial charge in [0, 0.05) is 23.0 Å². The quantitative estimate of drug-likeness (QED) is 0.867. The van der Waals surface area contributed by atoms with Gasteiger partial charge in [-0.25, -0.2) is 4.98 Å². The van der Waals surface area contributed by atoms with Crippen molar-refractivity contribution in [2.45, 2.75) is 40.0 Å². The van der Waals surface area contributed by atoms with E-state index in [-0.39, 0.29) is 11.8 Å². The summed E-state index contributed by atoms with van der Waals surface area (Å²) in [5.74, 6) is 0.212. The Labute approximate surface area is 127 Å². The summed E-state index contributed by atoms with van der Waals surface area (Å²) >= 11 is 1.65. The Kier molecular flexibility index (Phi) is 5.25. The van der Waals surface area contributed by atoms with E-state index in [0.29, 0.717) is 12.1 Å². The number of aryl methyl sites for hydroxylation is 2. The smallest absolute Gasteiger partial charge is 0.387 e. The Morgan fingerprint density at radius 3 is 2.62 bits per heavy atom. The van der Waals surface area contributed by atoms with Crippen molar-refractivity contribution in [3.63, 3.8) is 0 Å². The van der Waals surface area contributed by atoms with Crippen LogP contribution in [0.5, 0.6) is 5.75 Å². The first-order valence-electron chi connectivity index (χ1n) is 6.67. The fourth-order valence-electron chi connectivity index (χ4n) is 2.17. The molecule has 0 aliphatic rings. The Morgan fingerprint density at radius 1 is 1.29 bits per heavy atom. The van der Waals surface area contributed by atoms with Crippen molar-refractivity contribution in [3.05, 3.63) is 45.4 Å². The van der Waals surface area contributed by atoms with Crippen molar-refractivity contribution in [2.75, 3.05) is 0 Å². The Morgan fingerprint density at radius 2 is 2.00 bits per heavy atom. The second-order valence-corrected chi connectivity index (χ2v) is 6.01. The molecular formula is C15H18F2N2OS. The second kappa shape index (κ2) is 6.95. The molecule has 1 unspecified atom stereocenters. The lowest BCUT2D eigenvalue weighted by molar-refractivity contribution is -0.0505. The molecule has 0 aliphatic heterocycles. The summed E-state index contributed by atoms with van der Waals surface area (Å²) in [6, 6.07) is 6.93. The topological polar surface area (TPSA) is 34.2 Å². The highest BCUT2D eigenvalue weighted by Crippen LogP contribution is 2.26. The lowest BCUT2D eigenvalue weighted by Gasteiger charge is -2.15. The van der Waals surface area contributed by atoms with Gasteiger partial charge in [-0.3, -0.25) is 0 Å². The standard InChI is InChI=1S/C15H18F2N2OS/c1-9(14-10(2)19-11(3)21-14)18-8-12-6-4-5-7-13(12)20-15(16)17/h4-7,9,15,18H,8H2,1-3H3. The summed E-state index contributed by atoms with van der Waals surface area (Å²) < 4.78 is 29.3. The number of rotatable bonds is 6. The van der Waals surface area contributed by atoms with Gasteiger partial charge >= 0.3 is 6.61 Å². The van der Waals surface area contributed by atoms with Gasteiger partial charge in [0.05, 0.1) is 10.7 Å². The van der Waals surface area contributed by atoms with E-state index in [1.165, 1.54) is 4.88 Å². The molecule has 0 fully saturated rings. The molecule has 1 aromatic heterocycles. The van der Waals surface area contributed by atoms with E-state index in [4.69, 9.17) is 0 Å². The van der Waals surface area contributed by atoms with Crippen molar-refractivity contribution >= 4 is 11.3 Å². The molecule has 0 amide bonds. The van der Waals surface area contributed by atoms with E-state index in [0.717, 1.165) is 10.7 Å². The van der Waals surface area contributed by atoms with Gasteiger partial charge in [0.15, 0.2) is 0 Å². The molecule has 1 atom stereocenters. The van der Waals surface area contributed by atoms with Gasteiger partial charge in [-0.05, 0) is 26.8 Å². The molecule has 0 radical (unpaired) electrons. The van der Waals surface area contributed by atoms with E-state index in [1.807, 2.05) is 26.8 Å². The van der Waals surface area contributed by atoms with Crippen LogP contribution >= 0.6 is 11.3 Å². The van der Waals surface area contributed by atoms with Crippen molar-refractivity contribution in [2.24, 2.45) is 0 Å². The Bertz CT molecular complexity index is 601. The highest BCUT2D eigenvalue weighted by Gasteiger charge is 2.14. The molecule has 1 aromatic carbocycles. The molecule has 0 saturated heterocycles. The van der Waals surface area contributed by atoms with Crippen LogP contribution < -0.4 is 10.1 Å². The molecule has 0 aliphatic carbocycles. The number of alkyl halides is 2.